The Morgan fingerprint density at radius 3 is 2.17 bits per heavy atom. The van der Waals surface area contributed by atoms with Crippen LogP contribution >= 0.6 is 0 Å². The Hall–Kier alpha value is -0.401. The standard InChI is InChI=1S/C9H12O2Se/c1-9(2)5-10-7-3-12-4-8(7)11-6-9/h3-4H,5-6H2,1-2H3. The van der Waals surface area contributed by atoms with Crippen LogP contribution < -0.4 is 9.47 Å². The van der Waals surface area contributed by atoms with Crippen LogP contribution in [0.4, 0.5) is 0 Å². The van der Waals surface area contributed by atoms with Crippen molar-refractivity contribution in [1.82, 2.24) is 0 Å². The summed E-state index contributed by atoms with van der Waals surface area (Å²) in [6, 6.07) is 0. The maximum absolute atomic E-state index is 5.63. The third-order valence-electron chi connectivity index (χ3n) is 1.83. The normalized spacial score (nSPS) is 20.2. The van der Waals surface area contributed by atoms with E-state index >= 15 is 0 Å². The predicted molar refractivity (Wildman–Crippen MR) is 48.2 cm³/mol. The topological polar surface area (TPSA) is 18.5 Å². The average molecular weight is 231 g/mol. The molecule has 0 radical (unpaired) electrons. The van der Waals surface area contributed by atoms with E-state index in [1.165, 1.54) is 0 Å². The van der Waals surface area contributed by atoms with E-state index in [0.29, 0.717) is 14.5 Å². The van der Waals surface area contributed by atoms with Gasteiger partial charge in [0.1, 0.15) is 0 Å². The Morgan fingerprint density at radius 2 is 1.67 bits per heavy atom. The number of ether oxygens (including phenoxy) is 2. The van der Waals surface area contributed by atoms with Gasteiger partial charge in [-0.3, -0.25) is 0 Å². The molecule has 0 N–H and O–H groups in total. The molecule has 1 aliphatic rings. The predicted octanol–water partition coefficient (Wildman–Crippen LogP) is 1.54. The van der Waals surface area contributed by atoms with E-state index < -0.39 is 0 Å². The summed E-state index contributed by atoms with van der Waals surface area (Å²) in [6.07, 6.45) is 0. The quantitative estimate of drug-likeness (QED) is 0.630. The van der Waals surface area contributed by atoms with Crippen molar-refractivity contribution in [2.75, 3.05) is 13.2 Å². The molecular formula is C9H12O2Se. The van der Waals surface area contributed by atoms with E-state index in [4.69, 9.17) is 9.47 Å². The van der Waals surface area contributed by atoms with Crippen LogP contribution in [0.5, 0.6) is 11.5 Å². The summed E-state index contributed by atoms with van der Waals surface area (Å²) in [7, 11) is 0. The number of hydrogen-bond donors (Lipinski definition) is 0. The molecule has 0 fully saturated rings. The van der Waals surface area contributed by atoms with Crippen molar-refractivity contribution in [2.45, 2.75) is 13.8 Å². The van der Waals surface area contributed by atoms with Crippen LogP contribution in [0, 0.1) is 5.41 Å². The molecule has 12 heavy (non-hydrogen) atoms. The van der Waals surface area contributed by atoms with Gasteiger partial charge in [0.25, 0.3) is 0 Å². The van der Waals surface area contributed by atoms with Gasteiger partial charge in [0, 0.05) is 0 Å². The molecule has 0 unspecified atom stereocenters. The van der Waals surface area contributed by atoms with Crippen molar-refractivity contribution in [1.29, 1.82) is 0 Å². The van der Waals surface area contributed by atoms with Crippen molar-refractivity contribution in [3.05, 3.63) is 9.88 Å². The zero-order chi connectivity index (χ0) is 8.60. The Labute approximate surface area is 78.2 Å². The van der Waals surface area contributed by atoms with E-state index in [0.717, 1.165) is 24.7 Å². The number of fused-ring (bicyclic) bond motifs is 1. The van der Waals surface area contributed by atoms with Gasteiger partial charge >= 0.3 is 77.8 Å². The van der Waals surface area contributed by atoms with Gasteiger partial charge in [-0.15, -0.1) is 0 Å². The zero-order valence-corrected chi connectivity index (χ0v) is 9.01. The van der Waals surface area contributed by atoms with E-state index in [1.807, 2.05) is 0 Å². The van der Waals surface area contributed by atoms with Crippen LogP contribution in [0.15, 0.2) is 9.88 Å². The summed E-state index contributed by atoms with van der Waals surface area (Å²) in [5.74, 6) is 1.92. The molecule has 2 heterocycles. The summed E-state index contributed by atoms with van der Waals surface area (Å²) in [5, 5.41) is 0. The Bertz CT molecular complexity index is 253. The van der Waals surface area contributed by atoms with Gasteiger partial charge in [-0.1, -0.05) is 0 Å². The molecule has 1 aromatic rings. The zero-order valence-electron chi connectivity index (χ0n) is 7.29. The molecule has 3 heteroatoms. The van der Waals surface area contributed by atoms with Crippen LogP contribution in [0.1, 0.15) is 13.8 Å². The summed E-state index contributed by atoms with van der Waals surface area (Å²) >= 11 is 0.451. The first-order valence-corrected chi connectivity index (χ1v) is 5.97. The first-order chi connectivity index (χ1) is 5.67. The van der Waals surface area contributed by atoms with Gasteiger partial charge in [0.2, 0.25) is 0 Å². The van der Waals surface area contributed by atoms with Crippen LogP contribution in [0.3, 0.4) is 0 Å². The second-order valence-electron chi connectivity index (χ2n) is 3.84. The number of rotatable bonds is 0. The summed E-state index contributed by atoms with van der Waals surface area (Å²) in [6.45, 7) is 5.82. The minimum absolute atomic E-state index is 0.138. The van der Waals surface area contributed by atoms with Gasteiger partial charge in [0.05, 0.1) is 0 Å². The molecule has 0 saturated heterocycles. The summed E-state index contributed by atoms with van der Waals surface area (Å²) < 4.78 is 11.3. The fraction of sp³-hybridized carbons (Fsp3) is 0.556. The second-order valence-corrected chi connectivity index (χ2v) is 5.40. The molecule has 2 nitrogen and oxygen atoms in total. The summed E-state index contributed by atoms with van der Waals surface area (Å²) in [5.41, 5.74) is 0.138. The molecular weight excluding hydrogens is 219 g/mol. The summed E-state index contributed by atoms with van der Waals surface area (Å²) in [4.78, 5) is 4.26. The maximum atomic E-state index is 5.63. The van der Waals surface area contributed by atoms with E-state index in [9.17, 15) is 0 Å². The van der Waals surface area contributed by atoms with E-state index in [-0.39, 0.29) is 5.41 Å². The minimum atomic E-state index is 0.138. The molecule has 0 bridgehead atoms. The molecule has 2 rings (SSSR count). The molecule has 66 valence electrons. The Morgan fingerprint density at radius 1 is 1.17 bits per heavy atom. The second kappa shape index (κ2) is 2.82. The molecule has 1 aliphatic heterocycles. The first kappa shape index (κ1) is 8.21. The third-order valence-corrected chi connectivity index (χ3v) is 3.30. The van der Waals surface area contributed by atoms with Crippen LogP contribution in [-0.2, 0) is 0 Å². The van der Waals surface area contributed by atoms with Crippen molar-refractivity contribution in [3.63, 3.8) is 0 Å². The molecule has 0 saturated carbocycles. The fourth-order valence-corrected chi connectivity index (χ4v) is 2.51. The van der Waals surface area contributed by atoms with Gasteiger partial charge in [-0.25, -0.2) is 0 Å². The van der Waals surface area contributed by atoms with Crippen LogP contribution in [-0.4, -0.2) is 27.7 Å². The van der Waals surface area contributed by atoms with Crippen molar-refractivity contribution in [3.8, 4) is 11.5 Å². The van der Waals surface area contributed by atoms with E-state index in [2.05, 4.69) is 23.7 Å². The van der Waals surface area contributed by atoms with Crippen molar-refractivity contribution in [2.24, 2.45) is 5.41 Å². The van der Waals surface area contributed by atoms with Gasteiger partial charge in [0.15, 0.2) is 0 Å². The molecule has 1 aromatic heterocycles. The number of hydrogen-bond acceptors (Lipinski definition) is 2. The Balaban J connectivity index is 2.21. The first-order valence-electron chi connectivity index (χ1n) is 3.99. The molecule has 0 amide bonds. The monoisotopic (exact) mass is 232 g/mol. The van der Waals surface area contributed by atoms with Crippen molar-refractivity contribution < 1.29 is 9.47 Å². The SMILES string of the molecule is CC1(C)COc2c[se]cc2OC1. The van der Waals surface area contributed by atoms with E-state index in [1.54, 1.807) is 0 Å². The van der Waals surface area contributed by atoms with Crippen molar-refractivity contribution >= 4 is 14.5 Å². The average Bonchev–Trinajstić information content (AvgIpc) is 2.40. The van der Waals surface area contributed by atoms with Gasteiger partial charge in [-0.05, 0) is 0 Å². The Kier molecular flexibility index (Phi) is 1.93. The third kappa shape index (κ3) is 1.52. The van der Waals surface area contributed by atoms with Crippen LogP contribution in [0.2, 0.25) is 0 Å². The molecule has 0 atom stereocenters. The molecule has 0 spiro atoms. The van der Waals surface area contributed by atoms with Gasteiger partial charge in [-0.2, -0.15) is 0 Å². The van der Waals surface area contributed by atoms with Crippen LogP contribution in [0.25, 0.3) is 0 Å². The molecule has 0 aliphatic carbocycles. The molecule has 0 aromatic carbocycles. The van der Waals surface area contributed by atoms with Gasteiger partial charge < -0.3 is 0 Å². The fourth-order valence-electron chi connectivity index (χ4n) is 1.07.